The minimum Gasteiger partial charge on any atom is -0.478 e. The summed E-state index contributed by atoms with van der Waals surface area (Å²) in [6.07, 6.45) is 4.79. The van der Waals surface area contributed by atoms with Crippen molar-refractivity contribution in [2.24, 2.45) is 0 Å². The Balaban J connectivity index is 2.29. The molecular formula is C14H18BrNO4S. The number of hydrogen-bond donors (Lipinski definition) is 2. The third-order valence-electron chi connectivity index (χ3n) is 3.81. The predicted molar refractivity (Wildman–Crippen MR) is 82.9 cm³/mol. The number of sulfonamides is 1. The van der Waals surface area contributed by atoms with Gasteiger partial charge in [0.15, 0.2) is 0 Å². The molecule has 0 radical (unpaired) electrons. The zero-order valence-corrected chi connectivity index (χ0v) is 14.1. The van der Waals surface area contributed by atoms with Crippen molar-refractivity contribution >= 4 is 31.9 Å². The zero-order valence-electron chi connectivity index (χ0n) is 11.7. The summed E-state index contributed by atoms with van der Waals surface area (Å²) in [5.41, 5.74) is -0.383. The number of hydrogen-bond acceptors (Lipinski definition) is 3. The minimum absolute atomic E-state index is 0.0460. The number of aromatic carboxylic acids is 1. The fraction of sp³-hybridized carbons (Fsp3) is 0.500. The van der Waals surface area contributed by atoms with Crippen molar-refractivity contribution < 1.29 is 18.3 Å². The number of carbonyl (C=O) groups is 1. The smallest absolute Gasteiger partial charge is 0.335 e. The molecule has 1 aliphatic carbocycles. The van der Waals surface area contributed by atoms with E-state index in [0.29, 0.717) is 0 Å². The van der Waals surface area contributed by atoms with E-state index in [-0.39, 0.29) is 14.9 Å². The lowest BCUT2D eigenvalue weighted by atomic mass is 9.84. The van der Waals surface area contributed by atoms with Crippen molar-refractivity contribution in [3.05, 3.63) is 28.2 Å². The lowest BCUT2D eigenvalue weighted by molar-refractivity contribution is 0.0696. The Bertz CT molecular complexity index is 651. The van der Waals surface area contributed by atoms with Crippen molar-refractivity contribution in [3.63, 3.8) is 0 Å². The van der Waals surface area contributed by atoms with Crippen LogP contribution in [-0.2, 0) is 10.0 Å². The largest absolute Gasteiger partial charge is 0.478 e. The fourth-order valence-corrected chi connectivity index (χ4v) is 5.21. The maximum atomic E-state index is 12.5. The summed E-state index contributed by atoms with van der Waals surface area (Å²) in [6, 6.07) is 3.92. The van der Waals surface area contributed by atoms with E-state index >= 15 is 0 Å². The molecule has 1 aromatic rings. The molecule has 2 rings (SSSR count). The number of rotatable bonds is 4. The van der Waals surface area contributed by atoms with Crippen molar-refractivity contribution in [1.82, 2.24) is 4.72 Å². The number of carboxylic acids is 1. The van der Waals surface area contributed by atoms with E-state index in [2.05, 4.69) is 20.7 Å². The van der Waals surface area contributed by atoms with Gasteiger partial charge < -0.3 is 5.11 Å². The van der Waals surface area contributed by atoms with Gasteiger partial charge in [0.25, 0.3) is 0 Å². The highest BCUT2D eigenvalue weighted by molar-refractivity contribution is 9.10. The van der Waals surface area contributed by atoms with Gasteiger partial charge in [-0.1, -0.05) is 19.3 Å². The SMILES string of the molecule is CC1(NS(=O)(=O)c2ccc(C(=O)O)cc2Br)CCCCC1. The van der Waals surface area contributed by atoms with Crippen LogP contribution in [-0.4, -0.2) is 25.0 Å². The fourth-order valence-electron chi connectivity index (χ4n) is 2.67. The second-order valence-electron chi connectivity index (χ2n) is 5.68. The first-order valence-electron chi connectivity index (χ1n) is 6.80. The zero-order chi connectivity index (χ0) is 15.7. The third kappa shape index (κ3) is 3.84. The summed E-state index contributed by atoms with van der Waals surface area (Å²) in [7, 11) is -3.68. The van der Waals surface area contributed by atoms with E-state index in [1.165, 1.54) is 18.2 Å². The number of benzene rings is 1. The highest BCUT2D eigenvalue weighted by Crippen LogP contribution is 2.31. The Hall–Kier alpha value is -0.920. The van der Waals surface area contributed by atoms with Gasteiger partial charge in [-0.3, -0.25) is 0 Å². The molecule has 7 heteroatoms. The molecule has 0 aromatic heterocycles. The Kier molecular flexibility index (Phi) is 4.75. The van der Waals surface area contributed by atoms with Crippen molar-refractivity contribution in [1.29, 1.82) is 0 Å². The molecule has 0 spiro atoms. The monoisotopic (exact) mass is 375 g/mol. The predicted octanol–water partition coefficient (Wildman–Crippen LogP) is 3.15. The summed E-state index contributed by atoms with van der Waals surface area (Å²) in [6.45, 7) is 1.92. The van der Waals surface area contributed by atoms with Crippen molar-refractivity contribution in [2.75, 3.05) is 0 Å². The molecule has 5 nitrogen and oxygen atoms in total. The Morgan fingerprint density at radius 3 is 2.43 bits per heavy atom. The van der Waals surface area contributed by atoms with E-state index in [1.807, 2.05) is 6.92 Å². The molecule has 0 saturated heterocycles. The summed E-state index contributed by atoms with van der Waals surface area (Å²) in [5, 5.41) is 8.92. The molecule has 21 heavy (non-hydrogen) atoms. The molecule has 0 bridgehead atoms. The molecular weight excluding hydrogens is 358 g/mol. The van der Waals surface area contributed by atoms with Crippen LogP contribution < -0.4 is 4.72 Å². The minimum atomic E-state index is -3.68. The van der Waals surface area contributed by atoms with Gasteiger partial charge in [0.05, 0.1) is 10.5 Å². The highest BCUT2D eigenvalue weighted by atomic mass is 79.9. The van der Waals surface area contributed by atoms with Gasteiger partial charge in [-0.15, -0.1) is 0 Å². The van der Waals surface area contributed by atoms with Crippen LogP contribution in [0.4, 0.5) is 0 Å². The summed E-state index contributed by atoms with van der Waals surface area (Å²) in [5.74, 6) is -1.09. The molecule has 116 valence electrons. The van der Waals surface area contributed by atoms with Gasteiger partial charge in [-0.25, -0.2) is 17.9 Å². The van der Waals surface area contributed by atoms with E-state index < -0.39 is 21.5 Å². The van der Waals surface area contributed by atoms with Crippen LogP contribution in [0.25, 0.3) is 0 Å². The summed E-state index contributed by atoms with van der Waals surface area (Å²) >= 11 is 3.15. The molecule has 1 aromatic carbocycles. The van der Waals surface area contributed by atoms with E-state index in [9.17, 15) is 13.2 Å². The molecule has 0 heterocycles. The molecule has 0 atom stereocenters. The first kappa shape index (κ1) is 16.5. The van der Waals surface area contributed by atoms with Gasteiger partial charge in [0, 0.05) is 10.0 Å². The molecule has 2 N–H and O–H groups in total. The molecule has 0 unspecified atom stereocenters. The second-order valence-corrected chi connectivity index (χ2v) is 8.18. The number of nitrogens with one attached hydrogen (secondary N) is 1. The van der Waals surface area contributed by atoms with Gasteiger partial charge >= 0.3 is 5.97 Å². The van der Waals surface area contributed by atoms with Crippen LogP contribution in [0.5, 0.6) is 0 Å². The average Bonchev–Trinajstić information content (AvgIpc) is 2.37. The van der Waals surface area contributed by atoms with E-state index in [1.54, 1.807) is 0 Å². The van der Waals surface area contributed by atoms with Crippen molar-refractivity contribution in [3.8, 4) is 0 Å². The molecule has 1 aliphatic rings. The standard InChI is InChI=1S/C14H18BrNO4S/c1-14(7-3-2-4-8-14)16-21(19,20)12-6-5-10(13(17)18)9-11(12)15/h5-6,9,16H,2-4,7-8H2,1H3,(H,17,18). The Morgan fingerprint density at radius 2 is 1.90 bits per heavy atom. The maximum Gasteiger partial charge on any atom is 0.335 e. The van der Waals surface area contributed by atoms with Crippen LogP contribution in [0.2, 0.25) is 0 Å². The molecule has 0 amide bonds. The summed E-state index contributed by atoms with van der Waals surface area (Å²) in [4.78, 5) is 11.0. The highest BCUT2D eigenvalue weighted by Gasteiger charge is 2.32. The van der Waals surface area contributed by atoms with Crippen molar-refractivity contribution in [2.45, 2.75) is 49.5 Å². The summed E-state index contributed by atoms with van der Waals surface area (Å²) < 4.78 is 28.1. The normalized spacial score (nSPS) is 18.4. The topological polar surface area (TPSA) is 83.5 Å². The van der Waals surface area contributed by atoms with E-state index in [4.69, 9.17) is 5.11 Å². The number of halogens is 1. The van der Waals surface area contributed by atoms with Gasteiger partial charge in [-0.05, 0) is 53.9 Å². The quantitative estimate of drug-likeness (QED) is 0.846. The van der Waals surface area contributed by atoms with Gasteiger partial charge in [0.1, 0.15) is 0 Å². The number of carboxylic acid groups (broad SMARTS) is 1. The molecule has 1 fully saturated rings. The first-order chi connectivity index (χ1) is 9.73. The van der Waals surface area contributed by atoms with Crippen LogP contribution in [0.1, 0.15) is 49.4 Å². The maximum absolute atomic E-state index is 12.5. The van der Waals surface area contributed by atoms with Gasteiger partial charge in [-0.2, -0.15) is 0 Å². The molecule has 1 saturated carbocycles. The lowest BCUT2D eigenvalue weighted by Gasteiger charge is -2.34. The third-order valence-corrected chi connectivity index (χ3v) is 6.42. The van der Waals surface area contributed by atoms with Gasteiger partial charge in [0.2, 0.25) is 10.0 Å². The molecule has 0 aliphatic heterocycles. The second kappa shape index (κ2) is 6.06. The Morgan fingerprint density at radius 1 is 1.29 bits per heavy atom. The van der Waals surface area contributed by atoms with Crippen LogP contribution in [0.15, 0.2) is 27.6 Å². The first-order valence-corrected chi connectivity index (χ1v) is 9.08. The average molecular weight is 376 g/mol. The Labute approximate surface area is 132 Å². The van der Waals surface area contributed by atoms with Crippen LogP contribution in [0.3, 0.4) is 0 Å². The van der Waals surface area contributed by atoms with Crippen LogP contribution in [0, 0.1) is 0 Å². The lowest BCUT2D eigenvalue weighted by Crippen LogP contribution is -2.47. The van der Waals surface area contributed by atoms with E-state index in [0.717, 1.165) is 32.1 Å². The van der Waals surface area contributed by atoms with Crippen LogP contribution >= 0.6 is 15.9 Å².